The second-order valence-corrected chi connectivity index (χ2v) is 4.91. The number of carbonyl (C=O) groups is 1. The summed E-state index contributed by atoms with van der Waals surface area (Å²) in [5, 5.41) is 2.64. The van der Waals surface area contributed by atoms with Gasteiger partial charge in [-0.05, 0) is 43.7 Å². The molecule has 1 aromatic heterocycles. The molecule has 0 radical (unpaired) electrons. The first kappa shape index (κ1) is 16.5. The second kappa shape index (κ2) is 7.40. The minimum Gasteiger partial charge on any atom is -0.493 e. The van der Waals surface area contributed by atoms with E-state index in [-0.39, 0.29) is 5.91 Å². The standard InChI is InChI=1S/C17H19N3O3/c1-11-9-12(2)19-17(18-11)20-16(21)8-6-13-5-7-14(22-3)15(10-13)23-4/h5-10H,1-4H3,(H,18,19,20,21)/b8-6+. The predicted octanol–water partition coefficient (Wildman–Crippen LogP) is 2.76. The van der Waals surface area contributed by atoms with Crippen molar-refractivity contribution in [3.8, 4) is 11.5 Å². The molecule has 6 nitrogen and oxygen atoms in total. The molecule has 0 aliphatic rings. The number of methoxy groups -OCH3 is 2. The van der Waals surface area contributed by atoms with Gasteiger partial charge in [0.05, 0.1) is 14.2 Å². The maximum atomic E-state index is 12.0. The maximum absolute atomic E-state index is 12.0. The molecule has 0 spiro atoms. The molecular weight excluding hydrogens is 294 g/mol. The van der Waals surface area contributed by atoms with Gasteiger partial charge in [-0.3, -0.25) is 10.1 Å². The zero-order valence-corrected chi connectivity index (χ0v) is 13.6. The van der Waals surface area contributed by atoms with Crippen molar-refractivity contribution in [2.45, 2.75) is 13.8 Å². The number of rotatable bonds is 5. The fourth-order valence-corrected chi connectivity index (χ4v) is 2.06. The third-order valence-electron chi connectivity index (χ3n) is 3.05. The van der Waals surface area contributed by atoms with Gasteiger partial charge >= 0.3 is 0 Å². The average Bonchev–Trinajstić information content (AvgIpc) is 2.51. The average molecular weight is 313 g/mol. The quantitative estimate of drug-likeness (QED) is 0.859. The van der Waals surface area contributed by atoms with Gasteiger partial charge in [0.15, 0.2) is 11.5 Å². The molecule has 0 aliphatic heterocycles. The molecule has 0 saturated carbocycles. The molecule has 2 aromatic rings. The van der Waals surface area contributed by atoms with Crippen molar-refractivity contribution >= 4 is 17.9 Å². The lowest BCUT2D eigenvalue weighted by Gasteiger charge is -2.07. The van der Waals surface area contributed by atoms with E-state index in [0.29, 0.717) is 17.4 Å². The van der Waals surface area contributed by atoms with Gasteiger partial charge in [0.2, 0.25) is 5.95 Å². The van der Waals surface area contributed by atoms with E-state index in [2.05, 4.69) is 15.3 Å². The summed E-state index contributed by atoms with van der Waals surface area (Å²) in [6.07, 6.45) is 3.10. The van der Waals surface area contributed by atoms with Crippen LogP contribution in [0.3, 0.4) is 0 Å². The fraction of sp³-hybridized carbons (Fsp3) is 0.235. The fourth-order valence-electron chi connectivity index (χ4n) is 2.06. The third kappa shape index (κ3) is 4.54. The molecule has 0 unspecified atom stereocenters. The van der Waals surface area contributed by atoms with Gasteiger partial charge in [-0.25, -0.2) is 9.97 Å². The summed E-state index contributed by atoms with van der Waals surface area (Å²) in [5.41, 5.74) is 2.42. The first-order valence-corrected chi connectivity index (χ1v) is 7.05. The van der Waals surface area contributed by atoms with E-state index in [9.17, 15) is 4.79 Å². The van der Waals surface area contributed by atoms with Crippen molar-refractivity contribution in [2.24, 2.45) is 0 Å². The lowest BCUT2D eigenvalue weighted by molar-refractivity contribution is -0.111. The number of nitrogens with one attached hydrogen (secondary N) is 1. The Morgan fingerprint density at radius 1 is 1.04 bits per heavy atom. The van der Waals surface area contributed by atoms with E-state index in [4.69, 9.17) is 9.47 Å². The Morgan fingerprint density at radius 3 is 2.30 bits per heavy atom. The van der Waals surface area contributed by atoms with E-state index in [1.54, 1.807) is 32.4 Å². The van der Waals surface area contributed by atoms with Crippen LogP contribution in [0, 0.1) is 13.8 Å². The Bertz CT molecular complexity index is 722. The number of ether oxygens (including phenoxy) is 2. The number of aromatic nitrogens is 2. The van der Waals surface area contributed by atoms with Crippen LogP contribution in [0.15, 0.2) is 30.3 Å². The van der Waals surface area contributed by atoms with Crippen LogP contribution in [0.1, 0.15) is 17.0 Å². The van der Waals surface area contributed by atoms with Gasteiger partial charge < -0.3 is 9.47 Å². The molecule has 1 aromatic carbocycles. The summed E-state index contributed by atoms with van der Waals surface area (Å²) in [4.78, 5) is 20.3. The summed E-state index contributed by atoms with van der Waals surface area (Å²) in [6, 6.07) is 7.24. The number of hydrogen-bond acceptors (Lipinski definition) is 5. The maximum Gasteiger partial charge on any atom is 0.250 e. The van der Waals surface area contributed by atoms with Gasteiger partial charge in [0.1, 0.15) is 0 Å². The summed E-state index contributed by atoms with van der Waals surface area (Å²) in [7, 11) is 3.14. The highest BCUT2D eigenvalue weighted by Crippen LogP contribution is 2.27. The van der Waals surface area contributed by atoms with Crippen LogP contribution in [-0.4, -0.2) is 30.1 Å². The van der Waals surface area contributed by atoms with E-state index >= 15 is 0 Å². The normalized spacial score (nSPS) is 10.6. The molecule has 120 valence electrons. The predicted molar refractivity (Wildman–Crippen MR) is 88.7 cm³/mol. The minimum absolute atomic E-state index is 0.296. The van der Waals surface area contributed by atoms with E-state index in [0.717, 1.165) is 17.0 Å². The summed E-state index contributed by atoms with van der Waals surface area (Å²) in [5.74, 6) is 1.24. The Labute approximate surface area is 135 Å². The molecule has 1 amide bonds. The van der Waals surface area contributed by atoms with Crippen LogP contribution in [-0.2, 0) is 4.79 Å². The molecule has 0 fully saturated rings. The molecule has 0 saturated heterocycles. The molecule has 1 heterocycles. The van der Waals surface area contributed by atoms with Crippen LogP contribution in [0.5, 0.6) is 11.5 Å². The zero-order valence-electron chi connectivity index (χ0n) is 13.6. The molecule has 1 N–H and O–H groups in total. The van der Waals surface area contributed by atoms with Crippen LogP contribution in [0.4, 0.5) is 5.95 Å². The first-order chi connectivity index (χ1) is 11.0. The second-order valence-electron chi connectivity index (χ2n) is 4.91. The molecule has 0 atom stereocenters. The number of hydrogen-bond donors (Lipinski definition) is 1. The number of carbonyl (C=O) groups excluding carboxylic acids is 1. The third-order valence-corrected chi connectivity index (χ3v) is 3.05. The van der Waals surface area contributed by atoms with Crippen molar-refractivity contribution < 1.29 is 14.3 Å². The van der Waals surface area contributed by atoms with Crippen molar-refractivity contribution in [1.82, 2.24) is 9.97 Å². The van der Waals surface area contributed by atoms with Crippen molar-refractivity contribution in [2.75, 3.05) is 19.5 Å². The SMILES string of the molecule is COc1ccc(/C=C/C(=O)Nc2nc(C)cc(C)n2)cc1OC. The van der Waals surface area contributed by atoms with E-state index in [1.807, 2.05) is 26.0 Å². The van der Waals surface area contributed by atoms with Crippen molar-refractivity contribution in [1.29, 1.82) is 0 Å². The number of anilines is 1. The highest BCUT2D eigenvalue weighted by atomic mass is 16.5. The lowest BCUT2D eigenvalue weighted by atomic mass is 10.2. The van der Waals surface area contributed by atoms with Crippen LogP contribution in [0.2, 0.25) is 0 Å². The van der Waals surface area contributed by atoms with Gasteiger partial charge in [0.25, 0.3) is 5.91 Å². The Kier molecular flexibility index (Phi) is 5.30. The van der Waals surface area contributed by atoms with Crippen molar-refractivity contribution in [3.05, 3.63) is 47.3 Å². The summed E-state index contributed by atoms with van der Waals surface area (Å²) in [6.45, 7) is 3.70. The van der Waals surface area contributed by atoms with Crippen LogP contribution >= 0.6 is 0 Å². The van der Waals surface area contributed by atoms with Crippen molar-refractivity contribution in [3.63, 3.8) is 0 Å². The van der Waals surface area contributed by atoms with E-state index < -0.39 is 0 Å². The minimum atomic E-state index is -0.301. The molecule has 6 heteroatoms. The molecule has 23 heavy (non-hydrogen) atoms. The molecule has 2 rings (SSSR count). The number of benzene rings is 1. The number of nitrogens with zero attached hydrogens (tertiary/aromatic N) is 2. The highest BCUT2D eigenvalue weighted by molar-refractivity contribution is 6.00. The zero-order chi connectivity index (χ0) is 16.8. The van der Waals surface area contributed by atoms with Crippen LogP contribution in [0.25, 0.3) is 6.08 Å². The first-order valence-electron chi connectivity index (χ1n) is 7.05. The van der Waals surface area contributed by atoms with Gasteiger partial charge in [-0.2, -0.15) is 0 Å². The lowest BCUT2D eigenvalue weighted by Crippen LogP contribution is -2.11. The topological polar surface area (TPSA) is 73.3 Å². The monoisotopic (exact) mass is 313 g/mol. The smallest absolute Gasteiger partial charge is 0.250 e. The Balaban J connectivity index is 2.09. The Morgan fingerprint density at radius 2 is 1.70 bits per heavy atom. The molecule has 0 aliphatic carbocycles. The molecular formula is C17H19N3O3. The number of amides is 1. The summed E-state index contributed by atoms with van der Waals surface area (Å²) < 4.78 is 10.4. The highest BCUT2D eigenvalue weighted by Gasteiger charge is 2.05. The van der Waals surface area contributed by atoms with E-state index in [1.165, 1.54) is 6.08 Å². The number of aryl methyl sites for hydroxylation is 2. The Hall–Kier alpha value is -2.89. The van der Waals surface area contributed by atoms with Gasteiger partial charge in [0, 0.05) is 17.5 Å². The largest absolute Gasteiger partial charge is 0.493 e. The van der Waals surface area contributed by atoms with Gasteiger partial charge in [-0.15, -0.1) is 0 Å². The van der Waals surface area contributed by atoms with Gasteiger partial charge in [-0.1, -0.05) is 6.07 Å². The molecule has 0 bridgehead atoms. The summed E-state index contributed by atoms with van der Waals surface area (Å²) >= 11 is 0. The van der Waals surface area contributed by atoms with Crippen LogP contribution < -0.4 is 14.8 Å².